The first-order valence-electron chi connectivity index (χ1n) is 10.7. The first-order chi connectivity index (χ1) is 16.2. The summed E-state index contributed by atoms with van der Waals surface area (Å²) < 4.78 is 0. The van der Waals surface area contributed by atoms with Crippen LogP contribution in [0.3, 0.4) is 0 Å². The molecule has 0 atom stereocenters. The molecule has 0 bridgehead atoms. The van der Waals surface area contributed by atoms with E-state index in [1.54, 1.807) is 0 Å². The highest BCUT2D eigenvalue weighted by molar-refractivity contribution is 6.34. The van der Waals surface area contributed by atoms with Gasteiger partial charge in [-0.05, 0) is 34.9 Å². The van der Waals surface area contributed by atoms with Crippen molar-refractivity contribution in [1.29, 1.82) is 0 Å². The average molecular weight is 449 g/mol. The Bertz CT molecular complexity index is 1330. The van der Waals surface area contributed by atoms with Gasteiger partial charge in [-0.1, -0.05) is 115 Å². The van der Waals surface area contributed by atoms with E-state index < -0.39 is 5.60 Å². The lowest BCUT2D eigenvalue weighted by Crippen LogP contribution is -2.28. The number of rotatable bonds is 5. The molecule has 5 rings (SSSR count). The maximum Gasteiger partial charge on any atom is 0.140 e. The molecule has 160 valence electrons. The normalized spacial score (nSPS) is 11.8. The Kier molecular flexibility index (Phi) is 5.74. The highest BCUT2D eigenvalue weighted by Gasteiger charge is 2.33. The number of halogens is 1. The average Bonchev–Trinajstić information content (AvgIpc) is 3.03. The van der Waals surface area contributed by atoms with Gasteiger partial charge in [0.15, 0.2) is 0 Å². The molecule has 3 aromatic carbocycles. The molecule has 0 aromatic heterocycles. The molecular weight excluding hydrogens is 428 g/mol. The summed E-state index contributed by atoms with van der Waals surface area (Å²) in [5, 5.41) is 21.4. The van der Waals surface area contributed by atoms with Gasteiger partial charge in [0.1, 0.15) is 5.60 Å². The van der Waals surface area contributed by atoms with Crippen LogP contribution in [0, 0.1) is 0 Å². The van der Waals surface area contributed by atoms with Gasteiger partial charge in [0, 0.05) is 11.1 Å². The fraction of sp³-hybridized carbons (Fsp3) is 0.0345. The Labute approximate surface area is 198 Å². The van der Waals surface area contributed by atoms with Crippen molar-refractivity contribution in [1.82, 2.24) is 0 Å². The van der Waals surface area contributed by atoms with Crippen molar-refractivity contribution in [2.45, 2.75) is 5.60 Å². The number of hydrogen-bond donors (Lipinski definition) is 1. The van der Waals surface area contributed by atoms with Crippen molar-refractivity contribution in [3.8, 4) is 11.1 Å². The van der Waals surface area contributed by atoms with Gasteiger partial charge >= 0.3 is 0 Å². The lowest BCUT2D eigenvalue weighted by Gasteiger charge is -2.30. The van der Waals surface area contributed by atoms with E-state index in [9.17, 15) is 5.11 Å². The molecule has 3 aromatic rings. The van der Waals surface area contributed by atoms with E-state index in [0.29, 0.717) is 10.7 Å². The molecule has 0 aliphatic heterocycles. The minimum atomic E-state index is -1.28. The fourth-order valence-electron chi connectivity index (χ4n) is 4.08. The molecule has 0 fully saturated rings. The molecule has 0 saturated carbocycles. The van der Waals surface area contributed by atoms with E-state index in [2.05, 4.69) is 10.2 Å². The Morgan fingerprint density at radius 2 is 1.03 bits per heavy atom. The summed E-state index contributed by atoms with van der Waals surface area (Å²) in [6.07, 6.45) is 0. The maximum absolute atomic E-state index is 11.9. The molecule has 2 aliphatic carbocycles. The second-order valence-electron chi connectivity index (χ2n) is 7.80. The first-order valence-corrected chi connectivity index (χ1v) is 11.1. The quantitative estimate of drug-likeness (QED) is 0.214. The first kappa shape index (κ1) is 21.1. The third kappa shape index (κ3) is 4.05. The van der Waals surface area contributed by atoms with Crippen molar-refractivity contribution < 1.29 is 5.11 Å². The smallest absolute Gasteiger partial charge is 0.140 e. The summed E-state index contributed by atoms with van der Waals surface area (Å²) in [6.45, 7) is 0. The van der Waals surface area contributed by atoms with Gasteiger partial charge in [-0.3, -0.25) is 0 Å². The summed E-state index contributed by atoms with van der Waals surface area (Å²) in [5.74, 6) is 0. The van der Waals surface area contributed by atoms with Gasteiger partial charge in [0.25, 0.3) is 0 Å². The van der Waals surface area contributed by atoms with Crippen LogP contribution in [0.15, 0.2) is 132 Å². The van der Waals surface area contributed by atoms with Gasteiger partial charge in [-0.25, -0.2) is 0 Å². The van der Waals surface area contributed by atoms with E-state index >= 15 is 0 Å². The van der Waals surface area contributed by atoms with Crippen molar-refractivity contribution in [2.75, 3.05) is 0 Å². The van der Waals surface area contributed by atoms with Gasteiger partial charge in [0.05, 0.1) is 16.4 Å². The van der Waals surface area contributed by atoms with Crippen LogP contribution in [-0.2, 0) is 5.60 Å². The third-order valence-electron chi connectivity index (χ3n) is 5.78. The summed E-state index contributed by atoms with van der Waals surface area (Å²) >= 11 is 6.38. The second kappa shape index (κ2) is 8.99. The molecule has 33 heavy (non-hydrogen) atoms. The zero-order valence-electron chi connectivity index (χ0n) is 17.8. The largest absolute Gasteiger partial charge is 0.376 e. The molecule has 0 amide bonds. The zero-order valence-corrected chi connectivity index (χ0v) is 18.5. The highest BCUT2D eigenvalue weighted by atomic mass is 35.5. The summed E-state index contributed by atoms with van der Waals surface area (Å²) in [5.41, 5.74) is 4.39. The van der Waals surface area contributed by atoms with Gasteiger partial charge < -0.3 is 5.11 Å². The summed E-state index contributed by atoms with van der Waals surface area (Å²) in [6, 6.07) is 38.5. The summed E-state index contributed by atoms with van der Waals surface area (Å²) in [7, 11) is 0. The van der Waals surface area contributed by atoms with Crippen LogP contribution in [0.1, 0.15) is 16.7 Å². The molecule has 3 nitrogen and oxygen atoms in total. The Morgan fingerprint density at radius 3 is 1.61 bits per heavy atom. The zero-order chi connectivity index (χ0) is 22.7. The number of aliphatic hydroxyl groups is 1. The van der Waals surface area contributed by atoms with Crippen molar-refractivity contribution in [3.63, 3.8) is 0 Å². The Balaban J connectivity index is 1.49. The molecule has 2 aliphatic rings. The highest BCUT2D eigenvalue weighted by Crippen LogP contribution is 2.41. The van der Waals surface area contributed by atoms with E-state index in [1.807, 2.05) is 121 Å². The number of fused-ring (bicyclic) bond motifs is 1. The predicted molar refractivity (Wildman–Crippen MR) is 134 cm³/mol. The van der Waals surface area contributed by atoms with Crippen LogP contribution in [0.2, 0.25) is 5.02 Å². The molecule has 0 radical (unpaired) electrons. The number of hydrogen-bond acceptors (Lipinski definition) is 3. The summed E-state index contributed by atoms with van der Waals surface area (Å²) in [4.78, 5) is 0. The molecule has 1 N–H and O–H groups in total. The lowest BCUT2D eigenvalue weighted by atomic mass is 9.80. The molecule has 0 spiro atoms. The molecule has 0 heterocycles. The number of azo groups is 1. The van der Waals surface area contributed by atoms with Gasteiger partial charge in [-0.15, -0.1) is 5.11 Å². The standard InChI is InChI=1S/C29H21ClN2O/c30-27-20-28(26-15-9-3-8-14-25(26)27)32-31-24-18-16-23(17-19-24)29(33,21-10-4-1-5-11-21)22-12-6-2-7-13-22/h1-20,33H. The van der Waals surface area contributed by atoms with Crippen LogP contribution < -0.4 is 0 Å². The van der Waals surface area contributed by atoms with Crippen LogP contribution in [0.5, 0.6) is 0 Å². The molecule has 0 unspecified atom stereocenters. The van der Waals surface area contributed by atoms with Crippen LogP contribution in [0.4, 0.5) is 11.4 Å². The Hall–Kier alpha value is -3.79. The molecular formula is C29H21ClN2O. The second-order valence-corrected chi connectivity index (χ2v) is 8.21. The van der Waals surface area contributed by atoms with Crippen molar-refractivity contribution in [3.05, 3.63) is 143 Å². The van der Waals surface area contributed by atoms with E-state index in [0.717, 1.165) is 33.5 Å². The minimum Gasteiger partial charge on any atom is -0.376 e. The lowest BCUT2D eigenvalue weighted by molar-refractivity contribution is 0.126. The van der Waals surface area contributed by atoms with E-state index in [-0.39, 0.29) is 0 Å². The van der Waals surface area contributed by atoms with E-state index in [1.165, 1.54) is 0 Å². The third-order valence-corrected chi connectivity index (χ3v) is 6.09. The predicted octanol–water partition coefficient (Wildman–Crippen LogP) is 8.14. The number of benzene rings is 3. The fourth-order valence-corrected chi connectivity index (χ4v) is 4.34. The molecule has 0 saturated heterocycles. The SMILES string of the molecule is OC(c1ccccc1)(c1ccccc1)c1ccc(N=Nc2cc(Cl)c3cccccc2-3)cc1. The van der Waals surface area contributed by atoms with Crippen LogP contribution in [0.25, 0.3) is 11.1 Å². The van der Waals surface area contributed by atoms with E-state index in [4.69, 9.17) is 11.6 Å². The van der Waals surface area contributed by atoms with Crippen LogP contribution in [-0.4, -0.2) is 5.11 Å². The minimum absolute atomic E-state index is 0.654. The van der Waals surface area contributed by atoms with Crippen molar-refractivity contribution in [2.24, 2.45) is 10.2 Å². The topological polar surface area (TPSA) is 45.0 Å². The Morgan fingerprint density at radius 1 is 0.545 bits per heavy atom. The van der Waals surface area contributed by atoms with Gasteiger partial charge in [0.2, 0.25) is 0 Å². The van der Waals surface area contributed by atoms with Gasteiger partial charge in [-0.2, -0.15) is 5.11 Å². The maximum atomic E-state index is 11.9. The molecule has 4 heteroatoms. The monoisotopic (exact) mass is 448 g/mol. The number of nitrogens with zero attached hydrogens (tertiary/aromatic N) is 2. The van der Waals surface area contributed by atoms with Crippen molar-refractivity contribution >= 4 is 23.0 Å². The van der Waals surface area contributed by atoms with Crippen LogP contribution >= 0.6 is 11.6 Å².